The molecule has 1 aliphatic rings. The van der Waals surface area contributed by atoms with Crippen molar-refractivity contribution < 1.29 is 0 Å². The second-order valence-corrected chi connectivity index (χ2v) is 4.46. The summed E-state index contributed by atoms with van der Waals surface area (Å²) in [7, 11) is 0. The highest BCUT2D eigenvalue weighted by molar-refractivity contribution is 6.50. The molecular weight excluding hydrogens is 183 g/mol. The first-order valence-electron chi connectivity index (χ1n) is 3.52. The Morgan fingerprint density at radius 1 is 1.64 bits per heavy atom. The molecular formula is C7H8Cl2N2. The van der Waals surface area contributed by atoms with Crippen LogP contribution in [0.1, 0.15) is 6.42 Å². The standard InChI is InChI=1S/C7H8Cl2N2/c8-7(9)3-6(7)4-11-2-1-10-5-11/h1-2,5-6H,3-4H2. The monoisotopic (exact) mass is 190 g/mol. The number of nitrogens with zero attached hydrogens (tertiary/aromatic N) is 2. The Balaban J connectivity index is 1.95. The molecule has 1 aromatic heterocycles. The van der Waals surface area contributed by atoms with E-state index in [-0.39, 0.29) is 0 Å². The van der Waals surface area contributed by atoms with Gasteiger partial charge in [-0.15, -0.1) is 23.2 Å². The Morgan fingerprint density at radius 2 is 2.36 bits per heavy atom. The van der Waals surface area contributed by atoms with Crippen LogP contribution in [0.5, 0.6) is 0 Å². The highest BCUT2D eigenvalue weighted by atomic mass is 35.5. The molecule has 1 unspecified atom stereocenters. The van der Waals surface area contributed by atoms with Gasteiger partial charge in [-0.05, 0) is 6.42 Å². The fourth-order valence-electron chi connectivity index (χ4n) is 1.12. The van der Waals surface area contributed by atoms with Crippen LogP contribution in [-0.2, 0) is 6.54 Å². The lowest BCUT2D eigenvalue weighted by atomic mass is 10.4. The second-order valence-electron chi connectivity index (χ2n) is 2.92. The lowest BCUT2D eigenvalue weighted by Gasteiger charge is -1.99. The van der Waals surface area contributed by atoms with Crippen molar-refractivity contribution in [3.63, 3.8) is 0 Å². The highest BCUT2D eigenvalue weighted by Gasteiger charge is 2.51. The summed E-state index contributed by atoms with van der Waals surface area (Å²) in [5.41, 5.74) is 0. The van der Waals surface area contributed by atoms with Crippen molar-refractivity contribution in [1.29, 1.82) is 0 Å². The van der Waals surface area contributed by atoms with Crippen LogP contribution < -0.4 is 0 Å². The summed E-state index contributed by atoms with van der Waals surface area (Å²) >= 11 is 11.7. The van der Waals surface area contributed by atoms with Crippen molar-refractivity contribution in [3.05, 3.63) is 18.7 Å². The third-order valence-electron chi connectivity index (χ3n) is 1.95. The van der Waals surface area contributed by atoms with Crippen molar-refractivity contribution in [1.82, 2.24) is 9.55 Å². The van der Waals surface area contributed by atoms with Crippen LogP contribution >= 0.6 is 23.2 Å². The first kappa shape index (κ1) is 7.44. The molecule has 0 saturated heterocycles. The molecule has 2 rings (SSSR count). The fourth-order valence-corrected chi connectivity index (χ4v) is 1.63. The van der Waals surface area contributed by atoms with Gasteiger partial charge in [-0.2, -0.15) is 0 Å². The van der Waals surface area contributed by atoms with Gasteiger partial charge in [0.2, 0.25) is 0 Å². The van der Waals surface area contributed by atoms with Crippen molar-refractivity contribution in [2.75, 3.05) is 0 Å². The molecule has 4 heteroatoms. The lowest BCUT2D eigenvalue weighted by Crippen LogP contribution is -2.01. The molecule has 2 nitrogen and oxygen atoms in total. The molecule has 0 amide bonds. The van der Waals surface area contributed by atoms with Crippen molar-refractivity contribution >= 4 is 23.2 Å². The topological polar surface area (TPSA) is 17.8 Å². The zero-order chi connectivity index (χ0) is 7.90. The predicted molar refractivity (Wildman–Crippen MR) is 44.8 cm³/mol. The van der Waals surface area contributed by atoms with E-state index in [0.717, 1.165) is 13.0 Å². The summed E-state index contributed by atoms with van der Waals surface area (Å²) in [6, 6.07) is 0. The summed E-state index contributed by atoms with van der Waals surface area (Å²) in [6.45, 7) is 0.882. The van der Waals surface area contributed by atoms with Gasteiger partial charge in [0, 0.05) is 24.9 Å². The third kappa shape index (κ3) is 1.52. The van der Waals surface area contributed by atoms with Crippen molar-refractivity contribution in [3.8, 4) is 0 Å². The van der Waals surface area contributed by atoms with E-state index >= 15 is 0 Å². The Hall–Kier alpha value is -0.210. The van der Waals surface area contributed by atoms with Gasteiger partial charge in [-0.25, -0.2) is 4.98 Å². The zero-order valence-electron chi connectivity index (χ0n) is 5.87. The van der Waals surface area contributed by atoms with E-state index in [9.17, 15) is 0 Å². The molecule has 0 aliphatic heterocycles. The largest absolute Gasteiger partial charge is 0.337 e. The Kier molecular flexibility index (Phi) is 1.62. The van der Waals surface area contributed by atoms with Crippen LogP contribution in [0.25, 0.3) is 0 Å². The van der Waals surface area contributed by atoms with Gasteiger partial charge in [-0.3, -0.25) is 0 Å². The second kappa shape index (κ2) is 2.39. The summed E-state index contributed by atoms with van der Waals surface area (Å²) in [5.74, 6) is 0.403. The van der Waals surface area contributed by atoms with E-state index in [0.29, 0.717) is 5.92 Å². The minimum atomic E-state index is -0.468. The van der Waals surface area contributed by atoms with E-state index in [2.05, 4.69) is 4.98 Å². The number of aromatic nitrogens is 2. The summed E-state index contributed by atoms with van der Waals surface area (Å²) in [6.07, 6.45) is 6.35. The number of halogens is 2. The molecule has 1 aliphatic carbocycles. The van der Waals surface area contributed by atoms with Gasteiger partial charge in [-0.1, -0.05) is 0 Å². The molecule has 0 bridgehead atoms. The average molecular weight is 191 g/mol. The highest BCUT2D eigenvalue weighted by Crippen LogP contribution is 2.53. The molecule has 11 heavy (non-hydrogen) atoms. The van der Waals surface area contributed by atoms with Crippen molar-refractivity contribution in [2.45, 2.75) is 17.3 Å². The summed E-state index contributed by atoms with van der Waals surface area (Å²) in [4.78, 5) is 3.93. The molecule has 0 aromatic carbocycles. The average Bonchev–Trinajstić information content (AvgIpc) is 2.42. The predicted octanol–water partition coefficient (Wildman–Crippen LogP) is 2.08. The fraction of sp³-hybridized carbons (Fsp3) is 0.571. The summed E-state index contributed by atoms with van der Waals surface area (Å²) in [5, 5.41) is 0. The number of imidazole rings is 1. The quantitative estimate of drug-likeness (QED) is 0.654. The summed E-state index contributed by atoms with van der Waals surface area (Å²) < 4.78 is 1.53. The van der Waals surface area contributed by atoms with Crippen LogP contribution in [0, 0.1) is 5.92 Å². The Morgan fingerprint density at radius 3 is 2.82 bits per heavy atom. The molecule has 1 heterocycles. The molecule has 0 spiro atoms. The minimum absolute atomic E-state index is 0.403. The number of hydrogen-bond acceptors (Lipinski definition) is 1. The minimum Gasteiger partial charge on any atom is -0.337 e. The van der Waals surface area contributed by atoms with Gasteiger partial charge in [0.1, 0.15) is 4.33 Å². The zero-order valence-corrected chi connectivity index (χ0v) is 7.39. The van der Waals surface area contributed by atoms with E-state index < -0.39 is 4.33 Å². The Bertz CT molecular complexity index is 243. The smallest absolute Gasteiger partial charge is 0.123 e. The molecule has 1 atom stereocenters. The molecule has 1 saturated carbocycles. The van der Waals surface area contributed by atoms with Gasteiger partial charge >= 0.3 is 0 Å². The van der Waals surface area contributed by atoms with Gasteiger partial charge in [0.05, 0.1) is 6.33 Å². The number of rotatable bonds is 2. The van der Waals surface area contributed by atoms with Gasteiger partial charge in [0.15, 0.2) is 0 Å². The SMILES string of the molecule is ClC1(Cl)CC1Cn1ccnc1. The molecule has 60 valence electrons. The first-order chi connectivity index (χ1) is 5.18. The van der Waals surface area contributed by atoms with Crippen LogP contribution in [-0.4, -0.2) is 13.9 Å². The molecule has 1 aromatic rings. The van der Waals surface area contributed by atoms with Crippen LogP contribution in [0.2, 0.25) is 0 Å². The first-order valence-corrected chi connectivity index (χ1v) is 4.27. The van der Waals surface area contributed by atoms with E-state index in [4.69, 9.17) is 23.2 Å². The molecule has 0 radical (unpaired) electrons. The van der Waals surface area contributed by atoms with E-state index in [1.807, 2.05) is 10.8 Å². The number of hydrogen-bond donors (Lipinski definition) is 0. The molecule has 0 N–H and O–H groups in total. The maximum absolute atomic E-state index is 5.86. The van der Waals surface area contributed by atoms with Crippen LogP contribution in [0.15, 0.2) is 18.7 Å². The lowest BCUT2D eigenvalue weighted by molar-refractivity contribution is 0.621. The van der Waals surface area contributed by atoms with Gasteiger partial charge in [0.25, 0.3) is 0 Å². The molecule has 1 fully saturated rings. The third-order valence-corrected chi connectivity index (χ3v) is 2.87. The van der Waals surface area contributed by atoms with Crippen LogP contribution in [0.3, 0.4) is 0 Å². The maximum Gasteiger partial charge on any atom is 0.123 e. The van der Waals surface area contributed by atoms with Crippen LogP contribution in [0.4, 0.5) is 0 Å². The van der Waals surface area contributed by atoms with E-state index in [1.54, 1.807) is 12.5 Å². The number of alkyl halides is 2. The Labute approximate surface area is 75.1 Å². The van der Waals surface area contributed by atoms with Crippen molar-refractivity contribution in [2.24, 2.45) is 5.92 Å². The normalized spacial score (nSPS) is 26.9. The maximum atomic E-state index is 5.86. The van der Waals surface area contributed by atoms with Gasteiger partial charge < -0.3 is 4.57 Å². The van der Waals surface area contributed by atoms with E-state index in [1.165, 1.54) is 0 Å².